The number of carbonyl (C=O) groups is 1. The lowest BCUT2D eigenvalue weighted by Crippen LogP contribution is -2.49. The standard InChI is InChI=1S/C16H19N3O/c1-12-4-2-5-13(10-12)16(6-3-7-16)15(20)19-11-14-17-8-9-18-14/h2,4-5,8-10H,3,6-7,11H2,1H3,(H,17,18)(H,19,20). The number of hydrogen-bond donors (Lipinski definition) is 2. The van der Waals surface area contributed by atoms with E-state index in [1.165, 1.54) is 5.56 Å². The van der Waals surface area contributed by atoms with E-state index in [1.807, 2.05) is 6.07 Å². The van der Waals surface area contributed by atoms with Crippen LogP contribution in [-0.4, -0.2) is 15.9 Å². The summed E-state index contributed by atoms with van der Waals surface area (Å²) in [5.74, 6) is 0.905. The molecule has 1 aliphatic rings. The SMILES string of the molecule is Cc1cccc(C2(C(=O)NCc3ncc[nH]3)CCC2)c1. The molecule has 4 nitrogen and oxygen atoms in total. The molecule has 20 heavy (non-hydrogen) atoms. The topological polar surface area (TPSA) is 57.8 Å². The van der Waals surface area contributed by atoms with Gasteiger partial charge >= 0.3 is 0 Å². The summed E-state index contributed by atoms with van der Waals surface area (Å²) in [5.41, 5.74) is 2.01. The summed E-state index contributed by atoms with van der Waals surface area (Å²) in [7, 11) is 0. The Labute approximate surface area is 118 Å². The van der Waals surface area contributed by atoms with Crippen LogP contribution in [-0.2, 0) is 16.8 Å². The first-order valence-corrected chi connectivity index (χ1v) is 7.04. The van der Waals surface area contributed by atoms with Gasteiger partial charge in [-0.3, -0.25) is 4.79 Å². The van der Waals surface area contributed by atoms with Crippen molar-refractivity contribution in [2.75, 3.05) is 0 Å². The number of imidazole rings is 1. The first-order chi connectivity index (χ1) is 9.71. The fraction of sp³-hybridized carbons (Fsp3) is 0.375. The molecule has 1 aromatic carbocycles. The van der Waals surface area contributed by atoms with E-state index in [0.29, 0.717) is 6.54 Å². The number of rotatable bonds is 4. The molecular weight excluding hydrogens is 250 g/mol. The van der Waals surface area contributed by atoms with Crippen LogP contribution in [0.3, 0.4) is 0 Å². The second-order valence-corrected chi connectivity index (χ2v) is 5.52. The minimum Gasteiger partial charge on any atom is -0.348 e. The average molecular weight is 269 g/mol. The Morgan fingerprint density at radius 1 is 1.45 bits per heavy atom. The van der Waals surface area contributed by atoms with Crippen molar-refractivity contribution in [1.82, 2.24) is 15.3 Å². The molecular formula is C16H19N3O. The molecule has 104 valence electrons. The fourth-order valence-electron chi connectivity index (χ4n) is 2.85. The van der Waals surface area contributed by atoms with Gasteiger partial charge in [0.25, 0.3) is 0 Å². The van der Waals surface area contributed by atoms with Crippen LogP contribution in [0, 0.1) is 6.92 Å². The minimum absolute atomic E-state index is 0.116. The zero-order valence-electron chi connectivity index (χ0n) is 11.6. The summed E-state index contributed by atoms with van der Waals surface area (Å²) < 4.78 is 0. The first-order valence-electron chi connectivity index (χ1n) is 7.04. The third-order valence-corrected chi connectivity index (χ3v) is 4.18. The zero-order chi connectivity index (χ0) is 14.0. The van der Waals surface area contributed by atoms with E-state index in [-0.39, 0.29) is 11.3 Å². The van der Waals surface area contributed by atoms with Crippen molar-refractivity contribution < 1.29 is 4.79 Å². The van der Waals surface area contributed by atoms with Crippen molar-refractivity contribution in [3.63, 3.8) is 0 Å². The summed E-state index contributed by atoms with van der Waals surface area (Å²) in [6.07, 6.45) is 6.44. The summed E-state index contributed by atoms with van der Waals surface area (Å²) in [5, 5.41) is 3.01. The largest absolute Gasteiger partial charge is 0.348 e. The molecule has 3 rings (SSSR count). The normalized spacial score (nSPS) is 16.4. The molecule has 1 aromatic heterocycles. The lowest BCUT2D eigenvalue weighted by molar-refractivity contribution is -0.130. The monoisotopic (exact) mass is 269 g/mol. The van der Waals surface area contributed by atoms with Crippen LogP contribution in [0.4, 0.5) is 0 Å². The molecule has 1 saturated carbocycles. The van der Waals surface area contributed by atoms with Crippen molar-refractivity contribution >= 4 is 5.91 Å². The van der Waals surface area contributed by atoms with Crippen molar-refractivity contribution in [2.24, 2.45) is 0 Å². The Morgan fingerprint density at radius 2 is 2.30 bits per heavy atom. The van der Waals surface area contributed by atoms with E-state index < -0.39 is 0 Å². The van der Waals surface area contributed by atoms with Gasteiger partial charge in [-0.25, -0.2) is 4.98 Å². The summed E-state index contributed by atoms with van der Waals surface area (Å²) >= 11 is 0. The van der Waals surface area contributed by atoms with Gasteiger partial charge in [0.1, 0.15) is 5.82 Å². The molecule has 2 aromatic rings. The van der Waals surface area contributed by atoms with Gasteiger partial charge in [0.15, 0.2) is 0 Å². The maximum atomic E-state index is 12.6. The summed E-state index contributed by atoms with van der Waals surface area (Å²) in [4.78, 5) is 19.7. The fourth-order valence-corrected chi connectivity index (χ4v) is 2.85. The van der Waals surface area contributed by atoms with Crippen LogP contribution in [0.5, 0.6) is 0 Å². The Morgan fingerprint density at radius 3 is 2.90 bits per heavy atom. The molecule has 0 spiro atoms. The number of amides is 1. The third-order valence-electron chi connectivity index (χ3n) is 4.18. The second kappa shape index (κ2) is 5.12. The Balaban J connectivity index is 1.76. The van der Waals surface area contributed by atoms with Crippen molar-refractivity contribution in [3.8, 4) is 0 Å². The molecule has 1 fully saturated rings. The smallest absolute Gasteiger partial charge is 0.231 e. The molecule has 0 atom stereocenters. The number of nitrogens with one attached hydrogen (secondary N) is 2. The van der Waals surface area contributed by atoms with Crippen molar-refractivity contribution in [3.05, 3.63) is 53.6 Å². The summed E-state index contributed by atoms with van der Waals surface area (Å²) in [6, 6.07) is 8.30. The van der Waals surface area contributed by atoms with E-state index in [4.69, 9.17) is 0 Å². The molecule has 2 N–H and O–H groups in total. The average Bonchev–Trinajstić information content (AvgIpc) is 2.88. The number of H-pyrrole nitrogens is 1. The maximum Gasteiger partial charge on any atom is 0.231 e. The lowest BCUT2D eigenvalue weighted by Gasteiger charge is -2.40. The number of aromatic amines is 1. The predicted molar refractivity (Wildman–Crippen MR) is 77.1 cm³/mol. The quantitative estimate of drug-likeness (QED) is 0.895. The first kappa shape index (κ1) is 12.9. The Bertz CT molecular complexity index is 600. The van der Waals surface area contributed by atoms with Crippen LogP contribution in [0.15, 0.2) is 36.7 Å². The highest BCUT2D eigenvalue weighted by atomic mass is 16.2. The van der Waals surface area contributed by atoms with Crippen LogP contribution in [0.25, 0.3) is 0 Å². The maximum absolute atomic E-state index is 12.6. The highest BCUT2D eigenvalue weighted by molar-refractivity contribution is 5.89. The third kappa shape index (κ3) is 2.22. The molecule has 4 heteroatoms. The van der Waals surface area contributed by atoms with Gasteiger partial charge in [-0.05, 0) is 25.3 Å². The molecule has 1 aliphatic carbocycles. The molecule has 1 amide bonds. The van der Waals surface area contributed by atoms with E-state index >= 15 is 0 Å². The van der Waals surface area contributed by atoms with Gasteiger partial charge < -0.3 is 10.3 Å². The Kier molecular flexibility index (Phi) is 3.30. The van der Waals surface area contributed by atoms with E-state index in [2.05, 4.69) is 40.4 Å². The van der Waals surface area contributed by atoms with Crippen molar-refractivity contribution in [1.29, 1.82) is 0 Å². The number of aryl methyl sites for hydroxylation is 1. The van der Waals surface area contributed by atoms with Gasteiger partial charge in [-0.2, -0.15) is 0 Å². The molecule has 0 aliphatic heterocycles. The minimum atomic E-state index is -0.335. The number of aromatic nitrogens is 2. The van der Waals surface area contributed by atoms with E-state index in [0.717, 1.165) is 30.7 Å². The van der Waals surface area contributed by atoms with Crippen LogP contribution in [0.1, 0.15) is 36.2 Å². The number of benzene rings is 1. The van der Waals surface area contributed by atoms with Gasteiger partial charge in [-0.15, -0.1) is 0 Å². The highest BCUT2D eigenvalue weighted by Crippen LogP contribution is 2.44. The predicted octanol–water partition coefficient (Wildman–Crippen LogP) is 2.46. The van der Waals surface area contributed by atoms with Gasteiger partial charge in [0.2, 0.25) is 5.91 Å². The van der Waals surface area contributed by atoms with Crippen LogP contribution in [0.2, 0.25) is 0 Å². The Hall–Kier alpha value is -2.10. The van der Waals surface area contributed by atoms with Gasteiger partial charge in [0.05, 0.1) is 12.0 Å². The highest BCUT2D eigenvalue weighted by Gasteiger charge is 2.45. The molecule has 1 heterocycles. The van der Waals surface area contributed by atoms with Crippen molar-refractivity contribution in [2.45, 2.75) is 38.1 Å². The second-order valence-electron chi connectivity index (χ2n) is 5.52. The number of hydrogen-bond acceptors (Lipinski definition) is 2. The molecule has 0 bridgehead atoms. The molecule has 0 radical (unpaired) electrons. The zero-order valence-corrected chi connectivity index (χ0v) is 11.6. The number of carbonyl (C=O) groups excluding carboxylic acids is 1. The van der Waals surface area contributed by atoms with Gasteiger partial charge in [0, 0.05) is 12.4 Å². The van der Waals surface area contributed by atoms with E-state index in [9.17, 15) is 4.79 Å². The molecule has 0 saturated heterocycles. The van der Waals surface area contributed by atoms with Gasteiger partial charge in [-0.1, -0.05) is 36.2 Å². The molecule has 0 unspecified atom stereocenters. The lowest BCUT2D eigenvalue weighted by atomic mass is 9.63. The summed E-state index contributed by atoms with van der Waals surface area (Å²) in [6.45, 7) is 2.52. The van der Waals surface area contributed by atoms with E-state index in [1.54, 1.807) is 12.4 Å². The van der Waals surface area contributed by atoms with Crippen LogP contribution < -0.4 is 5.32 Å². The number of nitrogens with zero attached hydrogens (tertiary/aromatic N) is 1. The van der Waals surface area contributed by atoms with Crippen LogP contribution >= 0.6 is 0 Å².